The maximum Gasteiger partial charge on any atom is 0.230 e. The van der Waals surface area contributed by atoms with Gasteiger partial charge in [-0.15, -0.1) is 5.10 Å². The summed E-state index contributed by atoms with van der Waals surface area (Å²) in [7, 11) is 1.99. The minimum Gasteiger partial charge on any atom is -0.492 e. The molecule has 0 amide bonds. The lowest BCUT2D eigenvalue weighted by molar-refractivity contribution is 0.127. The zero-order valence-electron chi connectivity index (χ0n) is 14.8. The Morgan fingerprint density at radius 2 is 1.74 bits per heavy atom. The molecule has 0 bridgehead atoms. The minimum absolute atomic E-state index is 0.121. The highest BCUT2D eigenvalue weighted by molar-refractivity contribution is 7.17. The number of halogens is 3. The van der Waals surface area contributed by atoms with Gasteiger partial charge in [-0.2, -0.15) is 4.52 Å². The molecule has 0 aliphatic carbocycles. The zero-order chi connectivity index (χ0) is 19.3. The maximum absolute atomic E-state index is 13.9. The average molecular weight is 397 g/mol. The van der Waals surface area contributed by atoms with Crippen LogP contribution in [0.3, 0.4) is 0 Å². The van der Waals surface area contributed by atoms with E-state index in [1.54, 1.807) is 6.92 Å². The van der Waals surface area contributed by atoms with E-state index in [0.29, 0.717) is 28.8 Å². The predicted molar refractivity (Wildman–Crippen MR) is 94.5 cm³/mol. The molecule has 0 saturated carbocycles. The zero-order valence-corrected chi connectivity index (χ0v) is 15.6. The van der Waals surface area contributed by atoms with E-state index in [4.69, 9.17) is 0 Å². The average Bonchev–Trinajstić information content (AvgIpc) is 3.12. The van der Waals surface area contributed by atoms with Crippen molar-refractivity contribution in [1.29, 1.82) is 0 Å². The van der Waals surface area contributed by atoms with Crippen molar-refractivity contribution >= 4 is 16.3 Å². The summed E-state index contributed by atoms with van der Waals surface area (Å²) in [5.41, 5.74) is 0.243. The molecule has 1 aliphatic heterocycles. The van der Waals surface area contributed by atoms with Crippen molar-refractivity contribution < 1.29 is 18.3 Å². The molecule has 1 aromatic carbocycles. The highest BCUT2D eigenvalue weighted by atomic mass is 32.1. The summed E-state index contributed by atoms with van der Waals surface area (Å²) in [6.07, 6.45) is 0. The summed E-state index contributed by atoms with van der Waals surface area (Å²) in [6, 6.07) is 1.35. The molecule has 1 atom stereocenters. The summed E-state index contributed by atoms with van der Waals surface area (Å²) < 4.78 is 42.6. The van der Waals surface area contributed by atoms with Gasteiger partial charge in [0.1, 0.15) is 5.82 Å². The number of fused-ring (bicyclic) bond motifs is 1. The Kier molecular flexibility index (Phi) is 4.57. The Bertz CT molecular complexity index is 973. The lowest BCUT2D eigenvalue weighted by Gasteiger charge is -2.37. The van der Waals surface area contributed by atoms with Crippen molar-refractivity contribution in [3.8, 4) is 5.88 Å². The van der Waals surface area contributed by atoms with E-state index >= 15 is 0 Å². The fraction of sp³-hybridized carbons (Fsp3) is 0.412. The van der Waals surface area contributed by atoms with Gasteiger partial charge in [-0.1, -0.05) is 11.3 Å². The normalized spacial score (nSPS) is 17.7. The van der Waals surface area contributed by atoms with Crippen LogP contribution in [0.5, 0.6) is 5.88 Å². The third kappa shape index (κ3) is 3.17. The first-order valence-corrected chi connectivity index (χ1v) is 9.29. The second-order valence-electron chi connectivity index (χ2n) is 6.68. The molecule has 0 spiro atoms. The first-order valence-electron chi connectivity index (χ1n) is 8.47. The Balaban J connectivity index is 1.85. The van der Waals surface area contributed by atoms with Crippen LogP contribution in [0.1, 0.15) is 22.3 Å². The molecular weight excluding hydrogens is 379 g/mol. The summed E-state index contributed by atoms with van der Waals surface area (Å²) in [4.78, 5) is 9.37. The van der Waals surface area contributed by atoms with Gasteiger partial charge >= 0.3 is 0 Å². The van der Waals surface area contributed by atoms with E-state index in [9.17, 15) is 18.3 Å². The van der Waals surface area contributed by atoms with Crippen LogP contribution in [-0.2, 0) is 0 Å². The van der Waals surface area contributed by atoms with Crippen molar-refractivity contribution in [3.63, 3.8) is 0 Å². The molecule has 3 heterocycles. The first kappa shape index (κ1) is 18.2. The van der Waals surface area contributed by atoms with Crippen LogP contribution in [0.25, 0.3) is 4.96 Å². The SMILES string of the molecule is Cc1nc2sc([C@H](c3cc(F)c(F)c(F)c3)N3CCN(C)CC3)c(O)n2n1. The van der Waals surface area contributed by atoms with E-state index in [2.05, 4.69) is 15.0 Å². The summed E-state index contributed by atoms with van der Waals surface area (Å²) in [5, 5.41) is 14.8. The quantitative estimate of drug-likeness (QED) is 0.689. The highest BCUT2D eigenvalue weighted by Gasteiger charge is 2.32. The van der Waals surface area contributed by atoms with E-state index in [1.807, 2.05) is 11.9 Å². The number of nitrogens with zero attached hydrogens (tertiary/aromatic N) is 5. The topological polar surface area (TPSA) is 56.9 Å². The number of aromatic hydroxyl groups is 1. The Hall–Kier alpha value is -2.17. The van der Waals surface area contributed by atoms with Gasteiger partial charge in [0, 0.05) is 26.2 Å². The molecule has 0 unspecified atom stereocenters. The van der Waals surface area contributed by atoms with Crippen LogP contribution in [0.2, 0.25) is 0 Å². The first-order chi connectivity index (χ1) is 12.8. The van der Waals surface area contributed by atoms with Crippen LogP contribution >= 0.6 is 11.3 Å². The lowest BCUT2D eigenvalue weighted by atomic mass is 10.0. The Labute approximate surface area is 157 Å². The van der Waals surface area contributed by atoms with Crippen molar-refractivity contribution in [1.82, 2.24) is 24.4 Å². The van der Waals surface area contributed by atoms with E-state index in [-0.39, 0.29) is 11.4 Å². The van der Waals surface area contributed by atoms with Gasteiger partial charge < -0.3 is 10.0 Å². The van der Waals surface area contributed by atoms with Crippen molar-refractivity contribution in [2.75, 3.05) is 33.2 Å². The second-order valence-corrected chi connectivity index (χ2v) is 7.69. The molecule has 27 heavy (non-hydrogen) atoms. The molecule has 144 valence electrons. The fourth-order valence-electron chi connectivity index (χ4n) is 3.37. The van der Waals surface area contributed by atoms with E-state index in [1.165, 1.54) is 15.9 Å². The number of benzene rings is 1. The number of aryl methyl sites for hydroxylation is 1. The molecular formula is C17H18F3N5OS. The monoisotopic (exact) mass is 397 g/mol. The number of thiazole rings is 1. The van der Waals surface area contributed by atoms with Crippen LogP contribution in [0.15, 0.2) is 12.1 Å². The number of aromatic nitrogens is 3. The van der Waals surface area contributed by atoms with Crippen molar-refractivity contribution in [2.45, 2.75) is 13.0 Å². The number of hydrogen-bond acceptors (Lipinski definition) is 6. The van der Waals surface area contributed by atoms with Gasteiger partial charge in [0.05, 0.1) is 10.9 Å². The Morgan fingerprint density at radius 1 is 1.11 bits per heavy atom. The molecule has 10 heteroatoms. The number of rotatable bonds is 3. The van der Waals surface area contributed by atoms with Crippen molar-refractivity contribution in [3.05, 3.63) is 45.8 Å². The third-order valence-electron chi connectivity index (χ3n) is 4.78. The van der Waals surface area contributed by atoms with Crippen LogP contribution in [0.4, 0.5) is 13.2 Å². The largest absolute Gasteiger partial charge is 0.492 e. The highest BCUT2D eigenvalue weighted by Crippen LogP contribution is 2.40. The van der Waals surface area contributed by atoms with Gasteiger partial charge in [-0.3, -0.25) is 4.90 Å². The molecule has 4 rings (SSSR count). The number of hydrogen-bond donors (Lipinski definition) is 1. The third-order valence-corrected chi connectivity index (χ3v) is 5.85. The predicted octanol–water partition coefficient (Wildman–Crippen LogP) is 2.56. The molecule has 1 saturated heterocycles. The molecule has 1 aliphatic rings. The van der Waals surface area contributed by atoms with E-state index in [0.717, 1.165) is 25.2 Å². The standard InChI is InChI=1S/C17H18F3N5OS/c1-9-21-17-25(22-9)16(26)15(27-17)14(24-5-3-23(2)4-6-24)10-7-11(18)13(20)12(19)8-10/h7-8,14,26H,3-6H2,1-2H3/t14-/m0/s1. The summed E-state index contributed by atoms with van der Waals surface area (Å²) in [6.45, 7) is 4.51. The van der Waals surface area contributed by atoms with Gasteiger partial charge in [-0.05, 0) is 31.7 Å². The van der Waals surface area contributed by atoms with Gasteiger partial charge in [0.2, 0.25) is 10.8 Å². The smallest absolute Gasteiger partial charge is 0.230 e. The van der Waals surface area contributed by atoms with Gasteiger partial charge in [0.25, 0.3) is 0 Å². The van der Waals surface area contributed by atoms with E-state index < -0.39 is 23.5 Å². The maximum atomic E-state index is 13.9. The second kappa shape index (κ2) is 6.77. The number of piperazine rings is 1. The number of likely N-dealkylation sites (N-methyl/N-ethyl adjacent to an activating group) is 1. The van der Waals surface area contributed by atoms with Crippen LogP contribution < -0.4 is 0 Å². The van der Waals surface area contributed by atoms with Crippen LogP contribution in [-0.4, -0.2) is 62.7 Å². The molecule has 1 N–H and O–H groups in total. The Morgan fingerprint density at radius 3 is 2.33 bits per heavy atom. The molecule has 2 aromatic heterocycles. The van der Waals surface area contributed by atoms with Crippen molar-refractivity contribution in [2.24, 2.45) is 0 Å². The van der Waals surface area contributed by atoms with Gasteiger partial charge in [0.15, 0.2) is 17.5 Å². The lowest BCUT2D eigenvalue weighted by Crippen LogP contribution is -2.46. The summed E-state index contributed by atoms with van der Waals surface area (Å²) in [5.74, 6) is -3.61. The molecule has 0 radical (unpaired) electrons. The van der Waals surface area contributed by atoms with Gasteiger partial charge in [-0.25, -0.2) is 18.2 Å². The molecule has 6 nitrogen and oxygen atoms in total. The van der Waals surface area contributed by atoms with Crippen LogP contribution in [0, 0.1) is 24.4 Å². The molecule has 3 aromatic rings. The molecule has 1 fully saturated rings. The minimum atomic E-state index is -1.50. The summed E-state index contributed by atoms with van der Waals surface area (Å²) >= 11 is 1.20. The fourth-order valence-corrected chi connectivity index (χ4v) is 4.53.